The van der Waals surface area contributed by atoms with Gasteiger partial charge in [0.15, 0.2) is 0 Å². The molecule has 0 saturated heterocycles. The van der Waals surface area contributed by atoms with Crippen molar-refractivity contribution in [3.05, 3.63) is 29.3 Å². The minimum Gasteiger partial charge on any atom is -0.492 e. The van der Waals surface area contributed by atoms with E-state index in [0.29, 0.717) is 12.5 Å². The first-order chi connectivity index (χ1) is 7.54. The van der Waals surface area contributed by atoms with Gasteiger partial charge in [0, 0.05) is 6.04 Å². The molecular formula is C14H23NO. The molecule has 2 nitrogen and oxygen atoms in total. The van der Waals surface area contributed by atoms with E-state index in [0.717, 1.165) is 12.2 Å². The Kier molecular flexibility index (Phi) is 4.81. The van der Waals surface area contributed by atoms with Crippen LogP contribution in [-0.2, 0) is 0 Å². The van der Waals surface area contributed by atoms with Crippen LogP contribution in [0, 0.1) is 19.8 Å². The largest absolute Gasteiger partial charge is 0.492 e. The molecule has 2 heteroatoms. The molecule has 0 amide bonds. The average molecular weight is 221 g/mol. The summed E-state index contributed by atoms with van der Waals surface area (Å²) < 4.78 is 5.78. The van der Waals surface area contributed by atoms with Gasteiger partial charge in [-0.1, -0.05) is 32.4 Å². The summed E-state index contributed by atoms with van der Waals surface area (Å²) in [5.74, 6) is 1.46. The van der Waals surface area contributed by atoms with Crippen LogP contribution in [0.4, 0.5) is 0 Å². The molecule has 0 spiro atoms. The smallest absolute Gasteiger partial charge is 0.122 e. The van der Waals surface area contributed by atoms with E-state index >= 15 is 0 Å². The molecule has 0 heterocycles. The molecular weight excluding hydrogens is 198 g/mol. The molecule has 0 bridgehead atoms. The lowest BCUT2D eigenvalue weighted by Crippen LogP contribution is -2.34. The number of hydrogen-bond acceptors (Lipinski definition) is 2. The van der Waals surface area contributed by atoms with E-state index in [1.807, 2.05) is 0 Å². The highest BCUT2D eigenvalue weighted by Crippen LogP contribution is 2.19. The first-order valence-electron chi connectivity index (χ1n) is 6.00. The third-order valence-corrected chi connectivity index (χ3v) is 3.15. The zero-order valence-corrected chi connectivity index (χ0v) is 10.8. The minimum atomic E-state index is 0.116. The van der Waals surface area contributed by atoms with E-state index in [9.17, 15) is 0 Å². The predicted molar refractivity (Wildman–Crippen MR) is 68.8 cm³/mol. The zero-order chi connectivity index (χ0) is 12.1. The van der Waals surface area contributed by atoms with E-state index in [1.54, 1.807) is 0 Å². The van der Waals surface area contributed by atoms with Crippen LogP contribution in [0.3, 0.4) is 0 Å². The van der Waals surface area contributed by atoms with Crippen molar-refractivity contribution in [2.75, 3.05) is 6.61 Å². The maximum absolute atomic E-state index is 6.04. The maximum atomic E-state index is 6.04. The Balaban J connectivity index is 2.57. The molecule has 1 aromatic rings. The zero-order valence-electron chi connectivity index (χ0n) is 10.8. The Bertz CT molecular complexity index is 336. The van der Waals surface area contributed by atoms with Crippen LogP contribution in [0.1, 0.15) is 31.4 Å². The lowest BCUT2D eigenvalue weighted by Gasteiger charge is -2.19. The topological polar surface area (TPSA) is 35.2 Å². The molecule has 0 fully saturated rings. The van der Waals surface area contributed by atoms with Gasteiger partial charge in [0.1, 0.15) is 12.4 Å². The van der Waals surface area contributed by atoms with Crippen LogP contribution in [0.15, 0.2) is 18.2 Å². The van der Waals surface area contributed by atoms with Gasteiger partial charge >= 0.3 is 0 Å². The van der Waals surface area contributed by atoms with Gasteiger partial charge in [0.05, 0.1) is 0 Å². The molecule has 0 aliphatic rings. The Hall–Kier alpha value is -1.02. The average Bonchev–Trinajstić information content (AvgIpc) is 2.28. The van der Waals surface area contributed by atoms with Crippen molar-refractivity contribution in [2.24, 2.45) is 11.7 Å². The van der Waals surface area contributed by atoms with Crippen LogP contribution in [0.5, 0.6) is 5.75 Å². The second-order valence-electron chi connectivity index (χ2n) is 4.63. The van der Waals surface area contributed by atoms with Crippen LogP contribution in [0.2, 0.25) is 0 Å². The van der Waals surface area contributed by atoms with Gasteiger partial charge in [-0.3, -0.25) is 0 Å². The normalized spacial score (nSPS) is 14.6. The van der Waals surface area contributed by atoms with E-state index in [4.69, 9.17) is 10.5 Å². The first kappa shape index (κ1) is 13.0. The molecule has 0 saturated carbocycles. The maximum Gasteiger partial charge on any atom is 0.122 e. The van der Waals surface area contributed by atoms with E-state index in [1.165, 1.54) is 11.1 Å². The molecule has 0 aliphatic heterocycles. The predicted octanol–water partition coefficient (Wildman–Crippen LogP) is 3.06. The van der Waals surface area contributed by atoms with Gasteiger partial charge in [-0.2, -0.15) is 0 Å². The fourth-order valence-electron chi connectivity index (χ4n) is 1.52. The van der Waals surface area contributed by atoms with Crippen molar-refractivity contribution in [3.63, 3.8) is 0 Å². The van der Waals surface area contributed by atoms with Gasteiger partial charge in [-0.05, 0) is 37.0 Å². The molecule has 1 aromatic carbocycles. The number of hydrogen-bond donors (Lipinski definition) is 1. The quantitative estimate of drug-likeness (QED) is 0.829. The Labute approximate surface area is 98.8 Å². The van der Waals surface area contributed by atoms with Crippen molar-refractivity contribution in [2.45, 2.75) is 40.2 Å². The standard InChI is InChI=1S/C14H23NO/c1-5-11(3)13(15)9-16-14-8-10(2)6-7-12(14)4/h6-8,11,13H,5,9,15H2,1-4H3. The summed E-state index contributed by atoms with van der Waals surface area (Å²) in [5, 5.41) is 0. The lowest BCUT2D eigenvalue weighted by atomic mass is 10.0. The molecule has 90 valence electrons. The van der Waals surface area contributed by atoms with Gasteiger partial charge in [0.2, 0.25) is 0 Å². The van der Waals surface area contributed by atoms with Crippen molar-refractivity contribution in [3.8, 4) is 5.75 Å². The second kappa shape index (κ2) is 5.90. The second-order valence-corrected chi connectivity index (χ2v) is 4.63. The number of rotatable bonds is 5. The van der Waals surface area contributed by atoms with Crippen LogP contribution in [0.25, 0.3) is 0 Å². The lowest BCUT2D eigenvalue weighted by molar-refractivity contribution is 0.249. The van der Waals surface area contributed by atoms with E-state index < -0.39 is 0 Å². The molecule has 0 aromatic heterocycles. The fraction of sp³-hybridized carbons (Fsp3) is 0.571. The van der Waals surface area contributed by atoms with E-state index in [-0.39, 0.29) is 6.04 Å². The molecule has 16 heavy (non-hydrogen) atoms. The van der Waals surface area contributed by atoms with Crippen molar-refractivity contribution < 1.29 is 4.74 Å². The molecule has 2 unspecified atom stereocenters. The number of ether oxygens (including phenoxy) is 1. The van der Waals surface area contributed by atoms with Crippen LogP contribution in [-0.4, -0.2) is 12.6 Å². The fourth-order valence-corrected chi connectivity index (χ4v) is 1.52. The number of nitrogens with two attached hydrogens (primary N) is 1. The summed E-state index contributed by atoms with van der Waals surface area (Å²) >= 11 is 0. The monoisotopic (exact) mass is 221 g/mol. The Morgan fingerprint density at radius 2 is 2.00 bits per heavy atom. The van der Waals surface area contributed by atoms with Crippen molar-refractivity contribution in [1.82, 2.24) is 0 Å². The van der Waals surface area contributed by atoms with E-state index in [2.05, 4.69) is 45.9 Å². The molecule has 2 atom stereocenters. The van der Waals surface area contributed by atoms with Gasteiger partial charge in [-0.15, -0.1) is 0 Å². The highest BCUT2D eigenvalue weighted by Gasteiger charge is 2.11. The van der Waals surface area contributed by atoms with Crippen molar-refractivity contribution in [1.29, 1.82) is 0 Å². The Morgan fingerprint density at radius 3 is 2.62 bits per heavy atom. The third kappa shape index (κ3) is 3.53. The number of aryl methyl sites for hydroxylation is 2. The Morgan fingerprint density at radius 1 is 1.31 bits per heavy atom. The highest BCUT2D eigenvalue weighted by atomic mass is 16.5. The molecule has 2 N–H and O–H groups in total. The third-order valence-electron chi connectivity index (χ3n) is 3.15. The van der Waals surface area contributed by atoms with Crippen LogP contribution >= 0.6 is 0 Å². The summed E-state index contributed by atoms with van der Waals surface area (Å²) in [4.78, 5) is 0. The molecule has 1 rings (SSSR count). The van der Waals surface area contributed by atoms with Crippen LogP contribution < -0.4 is 10.5 Å². The summed E-state index contributed by atoms with van der Waals surface area (Å²) in [7, 11) is 0. The summed E-state index contributed by atoms with van der Waals surface area (Å²) in [6, 6.07) is 6.36. The van der Waals surface area contributed by atoms with Crippen molar-refractivity contribution >= 4 is 0 Å². The molecule has 0 radical (unpaired) electrons. The number of benzene rings is 1. The molecule has 0 aliphatic carbocycles. The highest BCUT2D eigenvalue weighted by molar-refractivity contribution is 5.35. The van der Waals surface area contributed by atoms with Gasteiger partial charge in [0.25, 0.3) is 0 Å². The summed E-state index contributed by atoms with van der Waals surface area (Å²) in [5.41, 5.74) is 8.43. The SMILES string of the molecule is CCC(C)C(N)COc1cc(C)ccc1C. The van der Waals surface area contributed by atoms with Gasteiger partial charge < -0.3 is 10.5 Å². The summed E-state index contributed by atoms with van der Waals surface area (Å²) in [6.45, 7) is 9.04. The minimum absolute atomic E-state index is 0.116. The first-order valence-corrected chi connectivity index (χ1v) is 6.00. The summed E-state index contributed by atoms with van der Waals surface area (Å²) in [6.07, 6.45) is 1.09. The van der Waals surface area contributed by atoms with Gasteiger partial charge in [-0.25, -0.2) is 0 Å².